The summed E-state index contributed by atoms with van der Waals surface area (Å²) >= 11 is 0. The van der Waals surface area contributed by atoms with Crippen LogP contribution in [0.1, 0.15) is 34.0 Å². The largest absolute Gasteiger partial charge is 0.452 e. The average Bonchev–Trinajstić information content (AvgIpc) is 2.90. The molecule has 0 saturated carbocycles. The highest BCUT2D eigenvalue weighted by atomic mass is 32.2. The summed E-state index contributed by atoms with van der Waals surface area (Å²) in [6.07, 6.45) is 0.660. The topological polar surface area (TPSA) is 84.0 Å². The van der Waals surface area contributed by atoms with Gasteiger partial charge >= 0.3 is 5.97 Å². The smallest absolute Gasteiger partial charge is 0.338 e. The summed E-state index contributed by atoms with van der Waals surface area (Å²) in [6.45, 7) is 3.12. The molecule has 1 aliphatic heterocycles. The molecule has 0 fully saturated rings. The SMILES string of the molecule is CCN(Cc1ccccc1)C(=O)COC(=O)c1ccc(S(=O)(=O)N2CCc3ccccc3C2)cc1. The van der Waals surface area contributed by atoms with E-state index in [0.29, 0.717) is 32.6 Å². The third-order valence-corrected chi connectivity index (χ3v) is 7.96. The van der Waals surface area contributed by atoms with Crippen LogP contribution >= 0.6 is 0 Å². The first-order chi connectivity index (χ1) is 16.9. The van der Waals surface area contributed by atoms with Gasteiger partial charge in [-0.15, -0.1) is 0 Å². The molecule has 0 spiro atoms. The fraction of sp³-hybridized carbons (Fsp3) is 0.259. The van der Waals surface area contributed by atoms with E-state index in [0.717, 1.165) is 16.7 Å². The van der Waals surface area contributed by atoms with Crippen LogP contribution in [0, 0.1) is 0 Å². The number of benzene rings is 3. The van der Waals surface area contributed by atoms with Crippen molar-refractivity contribution < 1.29 is 22.7 Å². The van der Waals surface area contributed by atoms with Gasteiger partial charge in [0.1, 0.15) is 0 Å². The van der Waals surface area contributed by atoms with Crippen molar-refractivity contribution >= 4 is 21.9 Å². The standard InChI is InChI=1S/C27H28N2O5S/c1-2-28(18-21-8-4-3-5-9-21)26(30)20-34-27(31)23-12-14-25(15-13-23)35(32,33)29-17-16-22-10-6-7-11-24(22)19-29/h3-15H,2,16-20H2,1H3. The van der Waals surface area contributed by atoms with Gasteiger partial charge in [-0.2, -0.15) is 4.31 Å². The number of sulfonamides is 1. The predicted molar refractivity (Wildman–Crippen MR) is 132 cm³/mol. The predicted octanol–water partition coefficient (Wildman–Crippen LogP) is 3.64. The summed E-state index contributed by atoms with van der Waals surface area (Å²) in [7, 11) is -3.70. The van der Waals surface area contributed by atoms with E-state index in [4.69, 9.17) is 4.74 Å². The molecule has 0 radical (unpaired) electrons. The molecule has 35 heavy (non-hydrogen) atoms. The van der Waals surface area contributed by atoms with Crippen LogP contribution in [0.15, 0.2) is 83.8 Å². The van der Waals surface area contributed by atoms with Gasteiger partial charge in [0.2, 0.25) is 10.0 Å². The van der Waals surface area contributed by atoms with Crippen molar-refractivity contribution in [2.45, 2.75) is 31.3 Å². The van der Waals surface area contributed by atoms with Crippen LogP contribution in [0.2, 0.25) is 0 Å². The number of hydrogen-bond donors (Lipinski definition) is 0. The lowest BCUT2D eigenvalue weighted by molar-refractivity contribution is -0.134. The molecule has 1 aliphatic rings. The summed E-state index contributed by atoms with van der Waals surface area (Å²) in [4.78, 5) is 26.7. The molecule has 8 heteroatoms. The van der Waals surface area contributed by atoms with Gasteiger partial charge in [-0.3, -0.25) is 4.79 Å². The van der Waals surface area contributed by atoms with Gasteiger partial charge in [0.15, 0.2) is 6.61 Å². The number of carbonyl (C=O) groups is 2. The number of likely N-dealkylation sites (N-methyl/N-ethyl adjacent to an activating group) is 1. The van der Waals surface area contributed by atoms with Crippen molar-refractivity contribution in [3.8, 4) is 0 Å². The van der Waals surface area contributed by atoms with Crippen LogP contribution in [0.4, 0.5) is 0 Å². The lowest BCUT2D eigenvalue weighted by atomic mass is 10.0. The van der Waals surface area contributed by atoms with Gasteiger partial charge in [-0.05, 0) is 54.3 Å². The molecule has 1 heterocycles. The van der Waals surface area contributed by atoms with Crippen LogP contribution < -0.4 is 0 Å². The molecular formula is C27H28N2O5S. The van der Waals surface area contributed by atoms with E-state index in [9.17, 15) is 18.0 Å². The second kappa shape index (κ2) is 10.8. The number of nitrogens with zero attached hydrogens (tertiary/aromatic N) is 2. The van der Waals surface area contributed by atoms with Crippen LogP contribution in [-0.4, -0.2) is 49.2 Å². The zero-order valence-corrected chi connectivity index (χ0v) is 20.4. The Hall–Kier alpha value is -3.49. The number of amides is 1. The molecule has 3 aromatic carbocycles. The molecule has 1 amide bonds. The van der Waals surface area contributed by atoms with Crippen LogP contribution in [0.25, 0.3) is 0 Å². The maximum absolute atomic E-state index is 13.1. The fourth-order valence-electron chi connectivity index (χ4n) is 4.07. The summed E-state index contributed by atoms with van der Waals surface area (Å²) < 4.78 is 32.9. The minimum absolute atomic E-state index is 0.115. The lowest BCUT2D eigenvalue weighted by Gasteiger charge is -2.28. The Morgan fingerprint density at radius 3 is 2.26 bits per heavy atom. The van der Waals surface area contributed by atoms with Gasteiger partial charge < -0.3 is 9.64 Å². The minimum Gasteiger partial charge on any atom is -0.452 e. The fourth-order valence-corrected chi connectivity index (χ4v) is 5.49. The third kappa shape index (κ3) is 5.78. The van der Waals surface area contributed by atoms with Crippen molar-refractivity contribution in [3.05, 3.63) is 101 Å². The number of rotatable bonds is 8. The third-order valence-electron chi connectivity index (χ3n) is 6.10. The molecule has 0 bridgehead atoms. The maximum Gasteiger partial charge on any atom is 0.338 e. The van der Waals surface area contributed by atoms with E-state index in [1.54, 1.807) is 4.90 Å². The zero-order chi connectivity index (χ0) is 24.8. The Bertz CT molecular complexity index is 1290. The monoisotopic (exact) mass is 492 g/mol. The molecule has 0 saturated heterocycles. The van der Waals surface area contributed by atoms with Crippen molar-refractivity contribution in [2.24, 2.45) is 0 Å². The lowest BCUT2D eigenvalue weighted by Crippen LogP contribution is -2.36. The number of esters is 1. The first-order valence-corrected chi connectivity index (χ1v) is 13.0. The Kier molecular flexibility index (Phi) is 7.63. The summed E-state index contributed by atoms with van der Waals surface area (Å²) in [5.41, 5.74) is 3.34. The number of fused-ring (bicyclic) bond motifs is 1. The highest BCUT2D eigenvalue weighted by Crippen LogP contribution is 2.25. The molecular weight excluding hydrogens is 464 g/mol. The van der Waals surface area contributed by atoms with Gasteiger partial charge in [-0.25, -0.2) is 13.2 Å². The Labute approximate surface area is 206 Å². The average molecular weight is 493 g/mol. The van der Waals surface area contributed by atoms with E-state index < -0.39 is 16.0 Å². The summed E-state index contributed by atoms with van der Waals surface area (Å²) in [5.74, 6) is -0.973. The quantitative estimate of drug-likeness (QED) is 0.449. The molecule has 0 N–H and O–H groups in total. The van der Waals surface area contributed by atoms with Crippen molar-refractivity contribution in [2.75, 3.05) is 19.7 Å². The summed E-state index contributed by atoms with van der Waals surface area (Å²) in [5, 5.41) is 0. The highest BCUT2D eigenvalue weighted by Gasteiger charge is 2.28. The van der Waals surface area contributed by atoms with E-state index in [1.165, 1.54) is 28.6 Å². The Morgan fingerprint density at radius 2 is 1.57 bits per heavy atom. The molecule has 182 valence electrons. The molecule has 7 nitrogen and oxygen atoms in total. The first-order valence-electron chi connectivity index (χ1n) is 11.5. The van der Waals surface area contributed by atoms with E-state index in [2.05, 4.69) is 0 Å². The maximum atomic E-state index is 13.1. The van der Waals surface area contributed by atoms with Crippen LogP contribution in [-0.2, 0) is 39.1 Å². The van der Waals surface area contributed by atoms with Crippen molar-refractivity contribution in [1.29, 1.82) is 0 Å². The Morgan fingerprint density at radius 1 is 0.914 bits per heavy atom. The van der Waals surface area contributed by atoms with Gasteiger partial charge in [0.05, 0.1) is 10.5 Å². The minimum atomic E-state index is -3.70. The second-order valence-electron chi connectivity index (χ2n) is 8.35. The molecule has 0 aromatic heterocycles. The van der Waals surface area contributed by atoms with Crippen LogP contribution in [0.3, 0.4) is 0 Å². The highest BCUT2D eigenvalue weighted by molar-refractivity contribution is 7.89. The molecule has 4 rings (SSSR count). The van der Waals surface area contributed by atoms with E-state index in [-0.39, 0.29) is 23.0 Å². The number of ether oxygens (including phenoxy) is 1. The zero-order valence-electron chi connectivity index (χ0n) is 19.6. The normalized spacial score (nSPS) is 13.6. The van der Waals surface area contributed by atoms with E-state index >= 15 is 0 Å². The van der Waals surface area contributed by atoms with Crippen LogP contribution in [0.5, 0.6) is 0 Å². The molecule has 0 unspecified atom stereocenters. The summed E-state index contributed by atoms with van der Waals surface area (Å²) in [6, 6.07) is 23.0. The number of carbonyl (C=O) groups excluding carboxylic acids is 2. The van der Waals surface area contributed by atoms with Crippen molar-refractivity contribution in [1.82, 2.24) is 9.21 Å². The molecule has 0 aliphatic carbocycles. The number of hydrogen-bond acceptors (Lipinski definition) is 5. The van der Waals surface area contributed by atoms with E-state index in [1.807, 2.05) is 61.5 Å². The van der Waals surface area contributed by atoms with Gasteiger partial charge in [0, 0.05) is 26.2 Å². The van der Waals surface area contributed by atoms with Gasteiger partial charge in [-0.1, -0.05) is 54.6 Å². The van der Waals surface area contributed by atoms with Crippen molar-refractivity contribution in [3.63, 3.8) is 0 Å². The Balaban J connectivity index is 1.36. The molecule has 3 aromatic rings. The second-order valence-corrected chi connectivity index (χ2v) is 10.3. The molecule has 0 atom stereocenters. The van der Waals surface area contributed by atoms with Gasteiger partial charge in [0.25, 0.3) is 5.91 Å². The first kappa shape index (κ1) is 24.6.